The third kappa shape index (κ3) is 4.03. The van der Waals surface area contributed by atoms with E-state index in [9.17, 15) is 14.7 Å². The van der Waals surface area contributed by atoms with Crippen molar-refractivity contribution < 1.29 is 38.4 Å². The van der Waals surface area contributed by atoms with Gasteiger partial charge in [0.05, 0.1) is 14.2 Å². The standard InChI is InChI=1S/C36H38O8/c1-10-11-42-33(39)29-19(3)18(2)28(32(37)38)30-31(29)44-26-13-21-23(15-27(26)43-30)36(17-35(21,6)7)16-34(4,5)20-12-24(40-8)25(41-9)14-22(20)36/h10,12-15H,1,11,16-17H2,2-9H3,(H,37,38). The van der Waals surface area contributed by atoms with E-state index in [1.165, 1.54) is 17.2 Å². The Bertz CT molecular complexity index is 1780. The van der Waals surface area contributed by atoms with Gasteiger partial charge in [0.2, 0.25) is 0 Å². The molecule has 0 radical (unpaired) electrons. The summed E-state index contributed by atoms with van der Waals surface area (Å²) in [5.74, 6) is 0.409. The first-order valence-electron chi connectivity index (χ1n) is 14.7. The number of esters is 1. The van der Waals surface area contributed by atoms with Crippen LogP contribution in [-0.4, -0.2) is 37.9 Å². The van der Waals surface area contributed by atoms with E-state index in [-0.39, 0.29) is 45.5 Å². The van der Waals surface area contributed by atoms with Gasteiger partial charge < -0.3 is 28.8 Å². The van der Waals surface area contributed by atoms with Crippen LogP contribution in [0.15, 0.2) is 36.9 Å². The number of rotatable bonds is 6. The Kier molecular flexibility index (Phi) is 6.58. The number of aromatic carboxylic acids is 1. The molecule has 1 N–H and O–H groups in total. The molecule has 0 bridgehead atoms. The molecule has 0 saturated heterocycles. The van der Waals surface area contributed by atoms with Crippen LogP contribution >= 0.6 is 0 Å². The lowest BCUT2D eigenvalue weighted by molar-refractivity contribution is 0.0542. The lowest BCUT2D eigenvalue weighted by Gasteiger charge is -2.31. The largest absolute Gasteiger partial charge is 0.493 e. The van der Waals surface area contributed by atoms with E-state index >= 15 is 0 Å². The van der Waals surface area contributed by atoms with Crippen LogP contribution in [0.4, 0.5) is 0 Å². The number of carboxylic acid groups (broad SMARTS) is 1. The molecule has 0 fully saturated rings. The average molecular weight is 599 g/mol. The highest BCUT2D eigenvalue weighted by Gasteiger charge is 2.57. The summed E-state index contributed by atoms with van der Waals surface area (Å²) < 4.78 is 29.7. The molecule has 3 aromatic rings. The highest BCUT2D eigenvalue weighted by Crippen LogP contribution is 2.65. The minimum absolute atomic E-state index is 0.00246. The maximum absolute atomic E-state index is 13.2. The van der Waals surface area contributed by atoms with Crippen molar-refractivity contribution in [2.45, 2.75) is 70.6 Å². The Labute approximate surface area is 257 Å². The Balaban J connectivity index is 1.57. The van der Waals surface area contributed by atoms with E-state index < -0.39 is 11.9 Å². The fourth-order valence-corrected chi connectivity index (χ4v) is 7.87. The molecule has 230 valence electrons. The normalized spacial score (nSPS) is 19.5. The predicted molar refractivity (Wildman–Crippen MR) is 166 cm³/mol. The van der Waals surface area contributed by atoms with Gasteiger partial charge in [0.15, 0.2) is 34.5 Å². The van der Waals surface area contributed by atoms with E-state index in [0.29, 0.717) is 34.1 Å². The zero-order valence-electron chi connectivity index (χ0n) is 26.5. The van der Waals surface area contributed by atoms with E-state index in [0.717, 1.165) is 24.0 Å². The van der Waals surface area contributed by atoms with Gasteiger partial charge in [0.25, 0.3) is 0 Å². The molecule has 3 aliphatic rings. The molecule has 1 unspecified atom stereocenters. The number of carbonyl (C=O) groups excluding carboxylic acids is 1. The van der Waals surface area contributed by atoms with E-state index in [4.69, 9.17) is 23.7 Å². The van der Waals surface area contributed by atoms with Crippen LogP contribution in [-0.2, 0) is 21.0 Å². The lowest BCUT2D eigenvalue weighted by Crippen LogP contribution is -2.27. The molecule has 2 aliphatic carbocycles. The number of fused-ring (bicyclic) bond motifs is 6. The molecule has 8 nitrogen and oxygen atoms in total. The SMILES string of the molecule is C=CCOC(=O)c1c(C)c(C)c(C(=O)O)c2c1Oc1cc3c(cc1O2)C1(CC(C)(C)c2cc(OC)c(OC)cc21)CC3(C)C. The lowest BCUT2D eigenvalue weighted by atomic mass is 9.72. The Morgan fingerprint density at radius 2 is 1.27 bits per heavy atom. The Morgan fingerprint density at radius 3 is 1.80 bits per heavy atom. The highest BCUT2D eigenvalue weighted by atomic mass is 16.6. The molecule has 0 saturated carbocycles. The molecular formula is C36H38O8. The number of ether oxygens (including phenoxy) is 5. The molecule has 1 aliphatic heterocycles. The van der Waals surface area contributed by atoms with Crippen LogP contribution in [0, 0.1) is 13.8 Å². The fourth-order valence-electron chi connectivity index (χ4n) is 7.87. The number of hydrogen-bond acceptors (Lipinski definition) is 7. The summed E-state index contributed by atoms with van der Waals surface area (Å²) in [5, 5.41) is 10.2. The first kappa shape index (κ1) is 29.6. The van der Waals surface area contributed by atoms with Crippen LogP contribution in [0.1, 0.15) is 94.6 Å². The van der Waals surface area contributed by atoms with Crippen molar-refractivity contribution in [3.63, 3.8) is 0 Å². The van der Waals surface area contributed by atoms with Gasteiger partial charge in [0, 0.05) is 5.41 Å². The van der Waals surface area contributed by atoms with Gasteiger partial charge in [-0.25, -0.2) is 9.59 Å². The molecule has 1 heterocycles. The van der Waals surface area contributed by atoms with E-state index in [1.807, 2.05) is 12.1 Å². The molecule has 3 aromatic carbocycles. The molecule has 8 heteroatoms. The molecule has 1 spiro atoms. The fraction of sp³-hybridized carbons (Fsp3) is 0.389. The molecule has 6 rings (SSSR count). The Morgan fingerprint density at radius 1 is 0.818 bits per heavy atom. The highest BCUT2D eigenvalue weighted by molar-refractivity contribution is 6.02. The Hall–Kier alpha value is -4.46. The van der Waals surface area contributed by atoms with Crippen LogP contribution in [0.2, 0.25) is 0 Å². The topological polar surface area (TPSA) is 101 Å². The van der Waals surface area contributed by atoms with Crippen molar-refractivity contribution in [3.8, 4) is 34.5 Å². The third-order valence-corrected chi connectivity index (χ3v) is 9.73. The van der Waals surface area contributed by atoms with Crippen molar-refractivity contribution in [3.05, 3.63) is 81.4 Å². The number of hydrogen-bond donors (Lipinski definition) is 1. The maximum Gasteiger partial charge on any atom is 0.342 e. The second kappa shape index (κ2) is 9.78. The summed E-state index contributed by atoms with van der Waals surface area (Å²) >= 11 is 0. The van der Waals surface area contributed by atoms with Crippen molar-refractivity contribution in [2.75, 3.05) is 20.8 Å². The zero-order chi connectivity index (χ0) is 31.9. The van der Waals surface area contributed by atoms with Gasteiger partial charge in [-0.05, 0) is 95.2 Å². The summed E-state index contributed by atoms with van der Waals surface area (Å²) in [6, 6.07) is 8.19. The summed E-state index contributed by atoms with van der Waals surface area (Å²) in [6.07, 6.45) is 3.17. The smallest absolute Gasteiger partial charge is 0.342 e. The van der Waals surface area contributed by atoms with Crippen molar-refractivity contribution in [1.29, 1.82) is 0 Å². The van der Waals surface area contributed by atoms with Gasteiger partial charge in [0.1, 0.15) is 17.7 Å². The minimum Gasteiger partial charge on any atom is -0.493 e. The number of carboxylic acids is 1. The van der Waals surface area contributed by atoms with Gasteiger partial charge >= 0.3 is 11.9 Å². The summed E-state index contributed by atoms with van der Waals surface area (Å²) in [5.41, 5.74) is 4.82. The van der Waals surface area contributed by atoms with Crippen molar-refractivity contribution in [1.82, 2.24) is 0 Å². The minimum atomic E-state index is -1.17. The van der Waals surface area contributed by atoms with Crippen LogP contribution in [0.3, 0.4) is 0 Å². The van der Waals surface area contributed by atoms with E-state index in [2.05, 4.69) is 46.4 Å². The van der Waals surface area contributed by atoms with Crippen molar-refractivity contribution in [2.24, 2.45) is 0 Å². The van der Waals surface area contributed by atoms with Gasteiger partial charge in [-0.3, -0.25) is 0 Å². The second-order valence-electron chi connectivity index (χ2n) is 13.4. The number of benzene rings is 3. The van der Waals surface area contributed by atoms with Gasteiger partial charge in [-0.1, -0.05) is 40.3 Å². The maximum atomic E-state index is 13.2. The monoisotopic (exact) mass is 598 g/mol. The molecule has 44 heavy (non-hydrogen) atoms. The van der Waals surface area contributed by atoms with Crippen LogP contribution in [0.25, 0.3) is 0 Å². The summed E-state index contributed by atoms with van der Waals surface area (Å²) in [4.78, 5) is 25.7. The zero-order valence-corrected chi connectivity index (χ0v) is 26.5. The average Bonchev–Trinajstić information content (AvgIpc) is 3.32. The number of carbonyl (C=O) groups is 2. The van der Waals surface area contributed by atoms with Gasteiger partial charge in [-0.2, -0.15) is 0 Å². The van der Waals surface area contributed by atoms with Crippen LogP contribution in [0.5, 0.6) is 34.5 Å². The van der Waals surface area contributed by atoms with Gasteiger partial charge in [-0.15, -0.1) is 0 Å². The molecule has 1 atom stereocenters. The predicted octanol–water partition coefficient (Wildman–Crippen LogP) is 7.91. The van der Waals surface area contributed by atoms with E-state index in [1.54, 1.807) is 28.1 Å². The summed E-state index contributed by atoms with van der Waals surface area (Å²) in [7, 11) is 3.30. The quantitative estimate of drug-likeness (QED) is 0.177. The van der Waals surface area contributed by atoms with Crippen LogP contribution < -0.4 is 18.9 Å². The number of methoxy groups -OCH3 is 2. The van der Waals surface area contributed by atoms with Crippen molar-refractivity contribution >= 4 is 11.9 Å². The molecule has 0 aromatic heterocycles. The first-order chi connectivity index (χ1) is 20.7. The molecule has 0 amide bonds. The molecular weight excluding hydrogens is 560 g/mol. The first-order valence-corrected chi connectivity index (χ1v) is 14.7. The third-order valence-electron chi connectivity index (χ3n) is 9.73. The second-order valence-corrected chi connectivity index (χ2v) is 13.4. The summed E-state index contributed by atoms with van der Waals surface area (Å²) in [6.45, 7) is 15.9.